The molecule has 0 heterocycles. The van der Waals surface area contributed by atoms with Gasteiger partial charge in [-0.25, -0.2) is 0 Å². The third-order valence-electron chi connectivity index (χ3n) is 0. The molecule has 0 rings (SSSR count). The number of rotatable bonds is 0. The summed E-state index contributed by atoms with van der Waals surface area (Å²) in [5.41, 5.74) is 0. The van der Waals surface area contributed by atoms with Crippen molar-refractivity contribution in [3.8, 4) is 0 Å². The first kappa shape index (κ1) is 45.4. The van der Waals surface area contributed by atoms with Crippen molar-refractivity contribution in [3.05, 3.63) is 22.3 Å². The molecule has 0 bridgehead atoms. The van der Waals surface area contributed by atoms with E-state index in [9.17, 15) is 0 Å². The molecule has 0 atom stereocenters. The Hall–Kier alpha value is 2.34. The van der Waals surface area contributed by atoms with Gasteiger partial charge < -0.3 is 22.3 Å². The van der Waals surface area contributed by atoms with Crippen LogP contribution >= 0.6 is 15.8 Å². The summed E-state index contributed by atoms with van der Waals surface area (Å²) in [6, 6.07) is 0. The summed E-state index contributed by atoms with van der Waals surface area (Å²) in [6.07, 6.45) is 0. The third kappa shape index (κ3) is 399. The molecule has 0 aliphatic carbocycles. The van der Waals surface area contributed by atoms with Gasteiger partial charge in [-0.05, 0) is 40.0 Å². The zero-order chi connectivity index (χ0) is 7.15. The van der Waals surface area contributed by atoms with Crippen LogP contribution in [0.1, 0.15) is 0 Å². The first-order valence-corrected chi connectivity index (χ1v) is 8.05. The number of hydrogen-bond acceptors (Lipinski definition) is 0. The van der Waals surface area contributed by atoms with Gasteiger partial charge in [-0.2, -0.15) is 0 Å². The summed E-state index contributed by atoms with van der Waals surface area (Å²) in [5, 5.41) is 0. The van der Waals surface area contributed by atoms with Gasteiger partial charge in [0.05, 0.1) is 0 Å². The minimum Gasteiger partial charge on any atom is -0.358 e. The minimum absolute atomic E-state index is 0. The zero-order valence-electron chi connectivity index (χ0n) is 10.5. The van der Waals surface area contributed by atoms with Gasteiger partial charge in [0.1, 0.15) is 0 Å². The smallest absolute Gasteiger partial charge is 0.358 e. The van der Waals surface area contributed by atoms with Crippen LogP contribution in [0.5, 0.6) is 0 Å². The molecule has 0 aromatic heterocycles. The van der Waals surface area contributed by atoms with Crippen molar-refractivity contribution in [1.82, 2.24) is 0 Å². The van der Waals surface area contributed by atoms with Crippen LogP contribution in [0.4, 0.5) is 0 Å². The standard InChI is InChI=1S/2C3H9P.3CH3.2Au/c2*1-4(2)3;;;;;/h2*1-3H3;3*1H3;;/q;;3*-1;;+1. The van der Waals surface area contributed by atoms with E-state index in [2.05, 4.69) is 40.0 Å². The minimum atomic E-state index is 0. The van der Waals surface area contributed by atoms with Crippen molar-refractivity contribution in [2.75, 3.05) is 40.0 Å². The van der Waals surface area contributed by atoms with Gasteiger partial charge in [-0.3, -0.25) is 0 Å². The molecule has 0 saturated heterocycles. The second kappa shape index (κ2) is 36.7. The van der Waals surface area contributed by atoms with Crippen LogP contribution in [0.3, 0.4) is 0 Å². The Bertz CT molecular complexity index is 31.1. The van der Waals surface area contributed by atoms with Crippen molar-refractivity contribution in [2.24, 2.45) is 0 Å². The molecule has 0 N–H and O–H groups in total. The van der Waals surface area contributed by atoms with E-state index in [1.165, 1.54) is 0 Å². The molecule has 13 heavy (non-hydrogen) atoms. The van der Waals surface area contributed by atoms with Crippen LogP contribution in [-0.2, 0) is 44.8 Å². The van der Waals surface area contributed by atoms with Gasteiger partial charge >= 0.3 is 22.4 Å². The van der Waals surface area contributed by atoms with Gasteiger partial charge in [0.25, 0.3) is 0 Å². The summed E-state index contributed by atoms with van der Waals surface area (Å²) in [5.74, 6) is 0. The van der Waals surface area contributed by atoms with E-state index in [0.29, 0.717) is 15.8 Å². The van der Waals surface area contributed by atoms with Gasteiger partial charge in [0.15, 0.2) is 0 Å². The quantitative estimate of drug-likeness (QED) is 0.227. The van der Waals surface area contributed by atoms with Crippen molar-refractivity contribution >= 4 is 15.8 Å². The van der Waals surface area contributed by atoms with E-state index in [-0.39, 0.29) is 67.0 Å². The Balaban J connectivity index is -0.00000000800. The van der Waals surface area contributed by atoms with Crippen LogP contribution in [-0.4, -0.2) is 40.0 Å². The average Bonchev–Trinajstić information content (AvgIpc) is 1.25. The summed E-state index contributed by atoms with van der Waals surface area (Å²) in [4.78, 5) is 0. The second-order valence-corrected chi connectivity index (χ2v) is 8.05. The topological polar surface area (TPSA) is 0 Å². The maximum absolute atomic E-state index is 2.23. The van der Waals surface area contributed by atoms with Gasteiger partial charge in [-0.1, -0.05) is 0 Å². The molecule has 0 aromatic carbocycles. The summed E-state index contributed by atoms with van der Waals surface area (Å²) in [6.45, 7) is 13.4. The van der Waals surface area contributed by atoms with E-state index in [0.717, 1.165) is 0 Å². The summed E-state index contributed by atoms with van der Waals surface area (Å²) >= 11 is 0. The monoisotopic (exact) mass is 591 g/mol. The SMILES string of the molecule is CP(C)C.CP(C)C.[Au+].[Au].[CH3-].[CH3-].[CH3-]. The van der Waals surface area contributed by atoms with Gasteiger partial charge in [0.2, 0.25) is 0 Å². The van der Waals surface area contributed by atoms with Crippen LogP contribution in [0, 0.1) is 22.3 Å². The van der Waals surface area contributed by atoms with Gasteiger partial charge in [-0.15, -0.1) is 15.8 Å². The molecule has 1 radical (unpaired) electrons. The second-order valence-electron chi connectivity index (χ2n) is 2.68. The summed E-state index contributed by atoms with van der Waals surface area (Å²) < 4.78 is 0. The Labute approximate surface area is 122 Å². The molecule has 0 spiro atoms. The fourth-order valence-electron chi connectivity index (χ4n) is 0. The zero-order valence-corrected chi connectivity index (χ0v) is 16.6. The van der Waals surface area contributed by atoms with Crippen LogP contribution in [0.15, 0.2) is 0 Å². The molecule has 0 amide bonds. The van der Waals surface area contributed by atoms with Crippen molar-refractivity contribution in [2.45, 2.75) is 0 Å². The van der Waals surface area contributed by atoms with E-state index < -0.39 is 0 Å². The fraction of sp³-hybridized carbons (Fsp3) is 0.667. The maximum Gasteiger partial charge on any atom is 1.00 e. The van der Waals surface area contributed by atoms with Crippen molar-refractivity contribution in [3.63, 3.8) is 0 Å². The predicted molar refractivity (Wildman–Crippen MR) is 68.6 cm³/mol. The van der Waals surface area contributed by atoms with Crippen molar-refractivity contribution in [1.29, 1.82) is 0 Å². The summed E-state index contributed by atoms with van der Waals surface area (Å²) in [7, 11) is 0.759. The first-order valence-electron chi connectivity index (χ1n) is 2.68. The van der Waals surface area contributed by atoms with Crippen LogP contribution < -0.4 is 0 Å². The Kier molecular flexibility index (Phi) is 128. The molecule has 97 valence electrons. The molecule has 0 unspecified atom stereocenters. The van der Waals surface area contributed by atoms with Crippen LogP contribution in [0.25, 0.3) is 0 Å². The maximum atomic E-state index is 2.23. The Morgan fingerprint density at radius 3 is 0.538 bits per heavy atom. The molecule has 0 aliphatic rings. The average molecular weight is 591 g/mol. The van der Waals surface area contributed by atoms with E-state index >= 15 is 0 Å². The third-order valence-corrected chi connectivity index (χ3v) is 0. The van der Waals surface area contributed by atoms with E-state index in [4.69, 9.17) is 0 Å². The molecule has 0 nitrogen and oxygen atoms in total. The van der Waals surface area contributed by atoms with E-state index in [1.807, 2.05) is 0 Å². The molecule has 4 heteroatoms. The van der Waals surface area contributed by atoms with Gasteiger partial charge in [0, 0.05) is 22.4 Å². The molecule has 0 aliphatic heterocycles. The fourth-order valence-corrected chi connectivity index (χ4v) is 0. The Morgan fingerprint density at radius 1 is 0.538 bits per heavy atom. The molecular weight excluding hydrogens is 564 g/mol. The van der Waals surface area contributed by atoms with E-state index in [1.54, 1.807) is 0 Å². The number of hydrogen-bond donors (Lipinski definition) is 0. The normalized spacial score (nSPS) is 5.54. The first-order chi connectivity index (χ1) is 3.46. The largest absolute Gasteiger partial charge is 1.00 e. The Morgan fingerprint density at radius 2 is 0.538 bits per heavy atom. The van der Waals surface area contributed by atoms with Crippen molar-refractivity contribution < 1.29 is 44.8 Å². The molecule has 0 aromatic rings. The van der Waals surface area contributed by atoms with Crippen LogP contribution in [0.2, 0.25) is 0 Å². The molecule has 0 fully saturated rings. The predicted octanol–water partition coefficient (Wildman–Crippen LogP) is 4.06. The molecular formula is C9H27Au2P2-2. The molecule has 0 saturated carbocycles.